The van der Waals surface area contributed by atoms with Crippen LogP contribution < -0.4 is 10.6 Å². The Balaban J connectivity index is 1.56. The number of nitrogens with zero attached hydrogens (tertiary/aromatic N) is 3. The molecule has 0 saturated carbocycles. The molecule has 3 heterocycles. The van der Waals surface area contributed by atoms with Gasteiger partial charge in [-0.3, -0.25) is 24.2 Å². The van der Waals surface area contributed by atoms with E-state index in [1.807, 2.05) is 0 Å². The SMILES string of the molecule is CC[C@H](NC(=O)[C@@H]1CCCN2C(=O)CC[C@H](NC)C(=O)N12)C(=O)c1nc2cc(Cl)cc(Cl)c2o1. The standard InChI is InChI=1S/C22H25Cl2N5O5/c1-3-13(18(31)21-27-15-10-11(23)9-12(24)19(15)34-21)26-20(32)16-5-4-8-28-17(30)7-6-14(25-2)22(33)29(16)28/h9-10,13-14,16,25H,3-8H2,1-2H3,(H,26,32)/t13-,14-,16-/m0/s1. The minimum absolute atomic E-state index is 0.200. The molecule has 1 aromatic carbocycles. The normalized spacial score (nSPS) is 21.9. The number of hydrogen-bond acceptors (Lipinski definition) is 7. The molecule has 3 amide bonds. The van der Waals surface area contributed by atoms with Gasteiger partial charge in [0.1, 0.15) is 11.6 Å². The molecule has 2 aromatic rings. The second-order valence-corrected chi connectivity index (χ2v) is 9.17. The molecular weight excluding hydrogens is 485 g/mol. The lowest BCUT2D eigenvalue weighted by Crippen LogP contribution is -2.64. The van der Waals surface area contributed by atoms with Gasteiger partial charge in [0.05, 0.1) is 17.1 Å². The molecule has 0 spiro atoms. The molecule has 0 unspecified atom stereocenters. The van der Waals surface area contributed by atoms with Crippen LogP contribution in [0.5, 0.6) is 0 Å². The van der Waals surface area contributed by atoms with Crippen molar-refractivity contribution in [3.8, 4) is 0 Å². The Labute approximate surface area is 205 Å². The zero-order valence-corrected chi connectivity index (χ0v) is 20.3. The van der Waals surface area contributed by atoms with E-state index >= 15 is 0 Å². The molecule has 2 aliphatic rings. The lowest BCUT2D eigenvalue weighted by atomic mass is 10.0. The van der Waals surface area contributed by atoms with Gasteiger partial charge in [0.2, 0.25) is 17.6 Å². The molecule has 0 aliphatic carbocycles. The van der Waals surface area contributed by atoms with Gasteiger partial charge in [0.15, 0.2) is 5.58 Å². The molecule has 2 fully saturated rings. The molecule has 34 heavy (non-hydrogen) atoms. The third kappa shape index (κ3) is 4.49. The summed E-state index contributed by atoms with van der Waals surface area (Å²) in [6, 6.07) is 0.596. The van der Waals surface area contributed by atoms with Crippen molar-refractivity contribution in [3.05, 3.63) is 28.1 Å². The van der Waals surface area contributed by atoms with Crippen molar-refractivity contribution in [3.63, 3.8) is 0 Å². The van der Waals surface area contributed by atoms with E-state index in [4.69, 9.17) is 27.6 Å². The number of amides is 3. The van der Waals surface area contributed by atoms with Crippen molar-refractivity contribution < 1.29 is 23.6 Å². The number of fused-ring (bicyclic) bond motifs is 2. The highest BCUT2D eigenvalue weighted by molar-refractivity contribution is 6.38. The number of carbonyl (C=O) groups is 4. The number of carbonyl (C=O) groups excluding carboxylic acids is 4. The molecule has 12 heteroatoms. The quantitative estimate of drug-likeness (QED) is 0.572. The Kier molecular flexibility index (Phi) is 7.11. The van der Waals surface area contributed by atoms with Crippen LogP contribution in [0.2, 0.25) is 10.0 Å². The molecule has 0 radical (unpaired) electrons. The molecule has 1 aromatic heterocycles. The molecule has 2 aliphatic heterocycles. The molecule has 182 valence electrons. The zero-order chi connectivity index (χ0) is 24.6. The monoisotopic (exact) mass is 509 g/mol. The number of ketones is 1. The fraction of sp³-hybridized carbons (Fsp3) is 0.500. The highest BCUT2D eigenvalue weighted by Crippen LogP contribution is 2.29. The van der Waals surface area contributed by atoms with Gasteiger partial charge in [-0.25, -0.2) is 9.99 Å². The first kappa shape index (κ1) is 24.4. The van der Waals surface area contributed by atoms with E-state index in [0.717, 1.165) is 0 Å². The molecular formula is C22H25Cl2N5O5. The summed E-state index contributed by atoms with van der Waals surface area (Å²) in [5.74, 6) is -1.78. The third-order valence-electron chi connectivity index (χ3n) is 6.17. The molecule has 3 atom stereocenters. The average molecular weight is 510 g/mol. The number of hydrazine groups is 1. The van der Waals surface area contributed by atoms with Crippen molar-refractivity contribution in [2.45, 2.75) is 57.2 Å². The van der Waals surface area contributed by atoms with Crippen LogP contribution in [0.25, 0.3) is 11.1 Å². The number of likely N-dealkylation sites (N-methyl/N-ethyl adjacent to an activating group) is 1. The summed E-state index contributed by atoms with van der Waals surface area (Å²) >= 11 is 12.1. The van der Waals surface area contributed by atoms with Gasteiger partial charge in [-0.2, -0.15) is 0 Å². The van der Waals surface area contributed by atoms with E-state index in [9.17, 15) is 19.2 Å². The lowest BCUT2D eigenvalue weighted by molar-refractivity contribution is -0.176. The summed E-state index contributed by atoms with van der Waals surface area (Å²) in [5.41, 5.74) is 0.557. The largest absolute Gasteiger partial charge is 0.432 e. The number of Topliss-reactive ketones (excluding diaryl/α,β-unsaturated/α-hetero) is 1. The first-order chi connectivity index (χ1) is 16.2. The van der Waals surface area contributed by atoms with E-state index in [0.29, 0.717) is 36.3 Å². The van der Waals surface area contributed by atoms with Gasteiger partial charge in [0.25, 0.3) is 11.8 Å². The molecule has 2 N–H and O–H groups in total. The van der Waals surface area contributed by atoms with Gasteiger partial charge in [-0.15, -0.1) is 0 Å². The average Bonchev–Trinajstić information content (AvgIpc) is 3.20. The minimum Gasteiger partial charge on any atom is -0.432 e. The summed E-state index contributed by atoms with van der Waals surface area (Å²) in [5, 5.41) is 8.84. The number of aromatic nitrogens is 1. The highest BCUT2D eigenvalue weighted by Gasteiger charge is 2.44. The van der Waals surface area contributed by atoms with Crippen LogP contribution in [0, 0.1) is 0 Å². The summed E-state index contributed by atoms with van der Waals surface area (Å²) < 4.78 is 5.56. The fourth-order valence-corrected chi connectivity index (χ4v) is 4.90. The Bertz CT molecular complexity index is 1150. The first-order valence-corrected chi connectivity index (χ1v) is 11.9. The van der Waals surface area contributed by atoms with Gasteiger partial charge >= 0.3 is 0 Å². The number of benzene rings is 1. The van der Waals surface area contributed by atoms with Gasteiger partial charge in [-0.05, 0) is 44.9 Å². The van der Waals surface area contributed by atoms with E-state index in [1.54, 1.807) is 14.0 Å². The highest BCUT2D eigenvalue weighted by atomic mass is 35.5. The fourth-order valence-electron chi connectivity index (χ4n) is 4.38. The smallest absolute Gasteiger partial charge is 0.266 e. The maximum Gasteiger partial charge on any atom is 0.266 e. The second kappa shape index (κ2) is 9.89. The van der Waals surface area contributed by atoms with Crippen LogP contribution in [-0.4, -0.2) is 70.2 Å². The first-order valence-electron chi connectivity index (χ1n) is 11.2. The Morgan fingerprint density at radius 1 is 1.26 bits per heavy atom. The third-order valence-corrected chi connectivity index (χ3v) is 6.67. The summed E-state index contributed by atoms with van der Waals surface area (Å²) in [6.07, 6.45) is 1.77. The molecule has 4 rings (SSSR count). The van der Waals surface area contributed by atoms with Crippen molar-refractivity contribution in [1.82, 2.24) is 25.6 Å². The van der Waals surface area contributed by atoms with E-state index < -0.39 is 29.8 Å². The van der Waals surface area contributed by atoms with Crippen LogP contribution in [0.4, 0.5) is 0 Å². The summed E-state index contributed by atoms with van der Waals surface area (Å²) in [4.78, 5) is 56.3. The Hall–Kier alpha value is -2.69. The van der Waals surface area contributed by atoms with Gasteiger partial charge < -0.3 is 15.1 Å². The molecule has 0 bridgehead atoms. The van der Waals surface area contributed by atoms with Crippen LogP contribution in [0.3, 0.4) is 0 Å². The van der Waals surface area contributed by atoms with Crippen molar-refractivity contribution >= 4 is 57.8 Å². The van der Waals surface area contributed by atoms with Gasteiger partial charge in [-0.1, -0.05) is 30.1 Å². The zero-order valence-electron chi connectivity index (χ0n) is 18.8. The van der Waals surface area contributed by atoms with E-state index in [1.165, 1.54) is 22.2 Å². The number of oxazole rings is 1. The second-order valence-electron chi connectivity index (χ2n) is 8.33. The topological polar surface area (TPSA) is 125 Å². The molecule has 10 nitrogen and oxygen atoms in total. The minimum atomic E-state index is -0.942. The van der Waals surface area contributed by atoms with E-state index in [2.05, 4.69) is 15.6 Å². The van der Waals surface area contributed by atoms with Gasteiger partial charge in [0, 0.05) is 18.0 Å². The number of halogens is 2. The predicted molar refractivity (Wildman–Crippen MR) is 124 cm³/mol. The maximum absolute atomic E-state index is 13.3. The number of rotatable bonds is 6. The maximum atomic E-state index is 13.3. The lowest BCUT2D eigenvalue weighted by Gasteiger charge is -2.43. The van der Waals surface area contributed by atoms with Crippen molar-refractivity contribution in [2.24, 2.45) is 0 Å². The molecule has 2 saturated heterocycles. The number of nitrogens with one attached hydrogen (secondary N) is 2. The van der Waals surface area contributed by atoms with Crippen LogP contribution in [-0.2, 0) is 14.4 Å². The number of hydrogen-bond donors (Lipinski definition) is 2. The summed E-state index contributed by atoms with van der Waals surface area (Å²) in [6.45, 7) is 2.10. The Morgan fingerprint density at radius 2 is 2.03 bits per heavy atom. The Morgan fingerprint density at radius 3 is 2.74 bits per heavy atom. The van der Waals surface area contributed by atoms with E-state index in [-0.39, 0.29) is 41.2 Å². The predicted octanol–water partition coefficient (Wildman–Crippen LogP) is 2.33. The van der Waals surface area contributed by atoms with Crippen molar-refractivity contribution in [1.29, 1.82) is 0 Å². The van der Waals surface area contributed by atoms with Crippen molar-refractivity contribution in [2.75, 3.05) is 13.6 Å². The summed E-state index contributed by atoms with van der Waals surface area (Å²) in [7, 11) is 1.65. The van der Waals surface area contributed by atoms with Crippen LogP contribution >= 0.6 is 23.2 Å². The van der Waals surface area contributed by atoms with Crippen LogP contribution in [0.1, 0.15) is 49.7 Å². The van der Waals surface area contributed by atoms with Crippen LogP contribution in [0.15, 0.2) is 16.5 Å².